The summed E-state index contributed by atoms with van der Waals surface area (Å²) in [6.45, 7) is 2.41. The quantitative estimate of drug-likeness (QED) is 0.787. The van der Waals surface area contributed by atoms with Gasteiger partial charge in [-0.1, -0.05) is 12.1 Å². The topological polar surface area (TPSA) is 55.7 Å². The van der Waals surface area contributed by atoms with Gasteiger partial charge >= 0.3 is 0 Å². The van der Waals surface area contributed by atoms with Gasteiger partial charge in [0, 0.05) is 13.2 Å². The van der Waals surface area contributed by atoms with E-state index in [1.165, 1.54) is 6.26 Å². The Balaban J connectivity index is 2.21. The summed E-state index contributed by atoms with van der Waals surface area (Å²) in [4.78, 5) is 4.47. The summed E-state index contributed by atoms with van der Waals surface area (Å²) >= 11 is 0. The Bertz CT molecular complexity index is 517. The molecule has 0 saturated carbocycles. The summed E-state index contributed by atoms with van der Waals surface area (Å²) in [5.41, 5.74) is 0.952. The maximum absolute atomic E-state index is 11.3. The first-order valence-corrected chi connectivity index (χ1v) is 6.84. The second-order valence-corrected chi connectivity index (χ2v) is 5.82. The average Bonchev–Trinajstić information content (AvgIpc) is 2.64. The van der Waals surface area contributed by atoms with Gasteiger partial charge in [0.05, 0.1) is 11.4 Å². The lowest BCUT2D eigenvalue weighted by Gasteiger charge is -2.10. The van der Waals surface area contributed by atoms with Gasteiger partial charge in [0.2, 0.25) is 0 Å². The lowest BCUT2D eigenvalue weighted by molar-refractivity contribution is 0.228. The minimum atomic E-state index is -3.12. The minimum Gasteiger partial charge on any atom is -0.471 e. The molecule has 0 aliphatic carbocycles. The number of nitrogens with zero attached hydrogens (tertiary/aromatic N) is 1. The monoisotopic (exact) mass is 239 g/mol. The molecule has 0 spiro atoms. The van der Waals surface area contributed by atoms with Crippen molar-refractivity contribution in [1.29, 1.82) is 0 Å². The van der Waals surface area contributed by atoms with E-state index in [-0.39, 0.29) is 6.10 Å². The third kappa shape index (κ3) is 2.24. The van der Waals surface area contributed by atoms with Crippen molar-refractivity contribution in [2.45, 2.75) is 17.9 Å². The largest absolute Gasteiger partial charge is 0.471 e. The van der Waals surface area contributed by atoms with E-state index >= 15 is 0 Å². The predicted octanol–water partition coefficient (Wildman–Crippen LogP) is 1.58. The summed E-state index contributed by atoms with van der Waals surface area (Å²) < 4.78 is 28.0. The van der Waals surface area contributed by atoms with Crippen molar-refractivity contribution >= 4 is 15.7 Å². The predicted molar refractivity (Wildman–Crippen MR) is 61.4 cm³/mol. The van der Waals surface area contributed by atoms with Gasteiger partial charge < -0.3 is 4.74 Å². The van der Waals surface area contributed by atoms with Crippen LogP contribution in [-0.2, 0) is 14.6 Å². The number of ether oxygens (including phenoxy) is 1. The first kappa shape index (κ1) is 11.1. The van der Waals surface area contributed by atoms with Crippen LogP contribution in [-0.4, -0.2) is 27.1 Å². The molecular weight excluding hydrogens is 226 g/mol. The van der Waals surface area contributed by atoms with E-state index < -0.39 is 9.84 Å². The molecule has 0 bridgehead atoms. The van der Waals surface area contributed by atoms with Crippen molar-refractivity contribution in [3.63, 3.8) is 0 Å². The molecule has 1 heterocycles. The highest BCUT2D eigenvalue weighted by Gasteiger charge is 2.19. The van der Waals surface area contributed by atoms with Crippen LogP contribution >= 0.6 is 0 Å². The number of rotatable bonds is 2. The van der Waals surface area contributed by atoms with Crippen molar-refractivity contribution < 1.29 is 13.2 Å². The minimum absolute atomic E-state index is 0.0754. The van der Waals surface area contributed by atoms with E-state index in [0.717, 1.165) is 5.56 Å². The molecular formula is C11H13NO3S. The van der Waals surface area contributed by atoms with Crippen molar-refractivity contribution in [3.05, 3.63) is 29.8 Å². The first-order chi connectivity index (χ1) is 7.47. The molecule has 2 rings (SSSR count). The molecule has 5 heteroatoms. The molecule has 0 amide bonds. The molecule has 1 aliphatic heterocycles. The Kier molecular flexibility index (Phi) is 2.71. The van der Waals surface area contributed by atoms with Crippen molar-refractivity contribution in [1.82, 2.24) is 0 Å². The maximum atomic E-state index is 11.3. The molecule has 1 aliphatic rings. The summed E-state index contributed by atoms with van der Waals surface area (Å²) in [6, 6.07) is 6.74. The summed E-state index contributed by atoms with van der Waals surface area (Å²) in [7, 11) is -3.12. The third-order valence-corrected chi connectivity index (χ3v) is 3.60. The van der Waals surface area contributed by atoms with E-state index in [0.29, 0.717) is 17.3 Å². The van der Waals surface area contributed by atoms with Crippen molar-refractivity contribution in [2.75, 3.05) is 12.8 Å². The fourth-order valence-electron chi connectivity index (χ4n) is 1.60. The molecule has 16 heavy (non-hydrogen) atoms. The van der Waals surface area contributed by atoms with Crippen LogP contribution in [0.3, 0.4) is 0 Å². The van der Waals surface area contributed by atoms with Crippen molar-refractivity contribution in [2.24, 2.45) is 4.99 Å². The van der Waals surface area contributed by atoms with Gasteiger partial charge in [-0.25, -0.2) is 8.42 Å². The van der Waals surface area contributed by atoms with Crippen LogP contribution in [0.15, 0.2) is 34.2 Å². The van der Waals surface area contributed by atoms with Gasteiger partial charge in [-0.05, 0) is 17.7 Å². The Morgan fingerprint density at radius 2 is 1.94 bits per heavy atom. The second kappa shape index (κ2) is 3.90. The number of hydrogen-bond acceptors (Lipinski definition) is 4. The second-order valence-electron chi connectivity index (χ2n) is 3.81. The third-order valence-electron chi connectivity index (χ3n) is 2.47. The molecule has 1 aromatic carbocycles. The van der Waals surface area contributed by atoms with E-state index in [2.05, 4.69) is 4.99 Å². The highest BCUT2D eigenvalue weighted by Crippen LogP contribution is 2.23. The molecule has 0 radical (unpaired) electrons. The SMILES string of the molecule is CC1=NCC(c2ccc(S(C)(=O)=O)cc2)O1. The summed E-state index contributed by atoms with van der Waals surface area (Å²) in [6.07, 6.45) is 1.12. The fourth-order valence-corrected chi connectivity index (χ4v) is 2.23. The molecule has 0 fully saturated rings. The normalized spacial score (nSPS) is 20.4. The highest BCUT2D eigenvalue weighted by molar-refractivity contribution is 7.90. The molecule has 0 aromatic heterocycles. The van der Waals surface area contributed by atoms with Crippen LogP contribution < -0.4 is 0 Å². The molecule has 4 nitrogen and oxygen atoms in total. The standard InChI is InChI=1S/C11H13NO3S/c1-8-12-7-11(15-8)9-3-5-10(6-4-9)16(2,13)14/h3-6,11H,7H2,1-2H3. The van der Waals surface area contributed by atoms with Crippen LogP contribution in [0.4, 0.5) is 0 Å². The lowest BCUT2D eigenvalue weighted by Crippen LogP contribution is -2.04. The van der Waals surface area contributed by atoms with Crippen LogP contribution in [0, 0.1) is 0 Å². The van der Waals surface area contributed by atoms with E-state index in [9.17, 15) is 8.42 Å². The Hall–Kier alpha value is -1.36. The zero-order chi connectivity index (χ0) is 11.8. The molecule has 1 unspecified atom stereocenters. The zero-order valence-corrected chi connectivity index (χ0v) is 9.99. The lowest BCUT2D eigenvalue weighted by atomic mass is 10.1. The zero-order valence-electron chi connectivity index (χ0n) is 9.17. The van der Waals surface area contributed by atoms with Gasteiger partial charge in [-0.2, -0.15) is 0 Å². The molecule has 0 saturated heterocycles. The van der Waals surface area contributed by atoms with Crippen LogP contribution in [0.1, 0.15) is 18.6 Å². The Morgan fingerprint density at radius 3 is 2.38 bits per heavy atom. The molecule has 0 N–H and O–H groups in total. The fraction of sp³-hybridized carbons (Fsp3) is 0.364. The number of benzene rings is 1. The van der Waals surface area contributed by atoms with Gasteiger partial charge in [-0.3, -0.25) is 4.99 Å². The van der Waals surface area contributed by atoms with E-state index in [1.54, 1.807) is 24.3 Å². The number of sulfone groups is 1. The Labute approximate surface area is 94.9 Å². The average molecular weight is 239 g/mol. The number of hydrogen-bond donors (Lipinski definition) is 0. The molecule has 1 atom stereocenters. The van der Waals surface area contributed by atoms with Gasteiger partial charge in [0.25, 0.3) is 0 Å². The summed E-state index contributed by atoms with van der Waals surface area (Å²) in [5.74, 6) is 0.678. The van der Waals surface area contributed by atoms with Gasteiger partial charge in [-0.15, -0.1) is 0 Å². The van der Waals surface area contributed by atoms with E-state index in [4.69, 9.17) is 4.74 Å². The van der Waals surface area contributed by atoms with E-state index in [1.807, 2.05) is 6.92 Å². The van der Waals surface area contributed by atoms with Crippen molar-refractivity contribution in [3.8, 4) is 0 Å². The van der Waals surface area contributed by atoms with Crippen LogP contribution in [0.25, 0.3) is 0 Å². The maximum Gasteiger partial charge on any atom is 0.181 e. The smallest absolute Gasteiger partial charge is 0.181 e. The van der Waals surface area contributed by atoms with Gasteiger partial charge in [0.1, 0.15) is 6.10 Å². The van der Waals surface area contributed by atoms with Crippen LogP contribution in [0.2, 0.25) is 0 Å². The van der Waals surface area contributed by atoms with Gasteiger partial charge in [0.15, 0.2) is 15.7 Å². The molecule has 86 valence electrons. The van der Waals surface area contributed by atoms with Crippen LogP contribution in [0.5, 0.6) is 0 Å². The first-order valence-electron chi connectivity index (χ1n) is 4.94. The summed E-state index contributed by atoms with van der Waals surface area (Å²) in [5, 5.41) is 0. The Morgan fingerprint density at radius 1 is 1.31 bits per heavy atom. The number of aliphatic imine (C=N–C) groups is 1. The highest BCUT2D eigenvalue weighted by atomic mass is 32.2. The molecule has 1 aromatic rings.